The topological polar surface area (TPSA) is 56.5 Å². The van der Waals surface area contributed by atoms with Crippen LogP contribution in [0.4, 0.5) is 11.4 Å². The Bertz CT molecular complexity index is 367. The molecule has 0 aliphatic heterocycles. The molecule has 1 aromatic rings. The molecule has 0 radical (unpaired) electrons. The summed E-state index contributed by atoms with van der Waals surface area (Å²) in [5, 5.41) is 3.33. The van der Waals surface area contributed by atoms with Crippen LogP contribution in [-0.2, 0) is 4.74 Å². The van der Waals surface area contributed by atoms with Crippen LogP contribution in [0, 0.1) is 5.92 Å². The summed E-state index contributed by atoms with van der Waals surface area (Å²) in [7, 11) is 0. The lowest BCUT2D eigenvalue weighted by Crippen LogP contribution is -2.08. The van der Waals surface area contributed by atoms with Gasteiger partial charge in [-0.15, -0.1) is 0 Å². The van der Waals surface area contributed by atoms with E-state index in [1.807, 2.05) is 25.1 Å². The fraction of sp³-hybridized carbons (Fsp3) is 0.600. The van der Waals surface area contributed by atoms with Gasteiger partial charge in [0.1, 0.15) is 5.75 Å². The molecular weight excluding hydrogens is 240 g/mol. The van der Waals surface area contributed by atoms with E-state index < -0.39 is 0 Å². The van der Waals surface area contributed by atoms with E-state index in [9.17, 15) is 0 Å². The van der Waals surface area contributed by atoms with Gasteiger partial charge in [0, 0.05) is 43.3 Å². The highest BCUT2D eigenvalue weighted by atomic mass is 16.5. The number of ether oxygens (including phenoxy) is 2. The van der Waals surface area contributed by atoms with Crippen molar-refractivity contribution in [3.63, 3.8) is 0 Å². The second-order valence-electron chi connectivity index (χ2n) is 4.97. The van der Waals surface area contributed by atoms with E-state index in [0.29, 0.717) is 18.2 Å². The zero-order chi connectivity index (χ0) is 14.1. The van der Waals surface area contributed by atoms with Crippen LogP contribution in [0.3, 0.4) is 0 Å². The molecule has 0 saturated carbocycles. The van der Waals surface area contributed by atoms with Crippen molar-refractivity contribution >= 4 is 11.4 Å². The van der Waals surface area contributed by atoms with Crippen molar-refractivity contribution in [2.75, 3.05) is 37.4 Å². The number of anilines is 2. The Balaban J connectivity index is 2.28. The van der Waals surface area contributed by atoms with Crippen LogP contribution in [0.2, 0.25) is 0 Å². The Hall–Kier alpha value is -1.42. The minimum absolute atomic E-state index is 0.593. The van der Waals surface area contributed by atoms with E-state index in [1.165, 1.54) is 0 Å². The Kier molecular flexibility index (Phi) is 7.11. The molecule has 0 aliphatic carbocycles. The predicted molar refractivity (Wildman–Crippen MR) is 80.8 cm³/mol. The third-order valence-corrected chi connectivity index (χ3v) is 2.49. The van der Waals surface area contributed by atoms with Gasteiger partial charge in [0.25, 0.3) is 0 Å². The second kappa shape index (κ2) is 8.64. The van der Waals surface area contributed by atoms with Crippen LogP contribution in [0.5, 0.6) is 5.75 Å². The van der Waals surface area contributed by atoms with Crippen molar-refractivity contribution in [3.8, 4) is 5.75 Å². The number of nitrogen functional groups attached to an aromatic ring is 1. The molecular formula is C15H26N2O2. The monoisotopic (exact) mass is 266 g/mol. The zero-order valence-electron chi connectivity index (χ0n) is 12.2. The summed E-state index contributed by atoms with van der Waals surface area (Å²) in [5.74, 6) is 1.40. The lowest BCUT2D eigenvalue weighted by atomic mass is 10.2. The third-order valence-electron chi connectivity index (χ3n) is 2.49. The van der Waals surface area contributed by atoms with Gasteiger partial charge < -0.3 is 20.5 Å². The molecule has 0 aromatic heterocycles. The van der Waals surface area contributed by atoms with Crippen LogP contribution in [-0.4, -0.2) is 26.4 Å². The molecule has 0 spiro atoms. The Morgan fingerprint density at radius 1 is 1.26 bits per heavy atom. The molecule has 4 heteroatoms. The quantitative estimate of drug-likeness (QED) is 0.532. The predicted octanol–water partition coefficient (Wildman–Crippen LogP) is 3.14. The lowest BCUT2D eigenvalue weighted by Gasteiger charge is -2.11. The van der Waals surface area contributed by atoms with E-state index in [-0.39, 0.29) is 0 Å². The van der Waals surface area contributed by atoms with Crippen LogP contribution < -0.4 is 15.8 Å². The van der Waals surface area contributed by atoms with Crippen molar-refractivity contribution in [1.29, 1.82) is 0 Å². The van der Waals surface area contributed by atoms with Gasteiger partial charge in [-0.3, -0.25) is 0 Å². The first-order chi connectivity index (χ1) is 9.11. The number of nitrogens with one attached hydrogen (secondary N) is 1. The summed E-state index contributed by atoms with van der Waals surface area (Å²) in [6.45, 7) is 9.39. The fourth-order valence-corrected chi connectivity index (χ4v) is 1.70. The number of hydrogen-bond acceptors (Lipinski definition) is 4. The normalized spacial score (nSPS) is 10.7. The van der Waals surface area contributed by atoms with Crippen LogP contribution in [0.15, 0.2) is 18.2 Å². The highest BCUT2D eigenvalue weighted by Crippen LogP contribution is 2.22. The molecule has 0 aliphatic rings. The first-order valence-corrected chi connectivity index (χ1v) is 6.96. The number of benzene rings is 1. The Morgan fingerprint density at radius 2 is 2.05 bits per heavy atom. The van der Waals surface area contributed by atoms with Crippen LogP contribution in [0.1, 0.15) is 27.2 Å². The summed E-state index contributed by atoms with van der Waals surface area (Å²) in [6.07, 6.45) is 0.978. The van der Waals surface area contributed by atoms with Gasteiger partial charge in [-0.05, 0) is 25.3 Å². The molecule has 0 atom stereocenters. The van der Waals surface area contributed by atoms with Crippen molar-refractivity contribution in [2.24, 2.45) is 5.92 Å². The number of hydrogen-bond donors (Lipinski definition) is 2. The summed E-state index contributed by atoms with van der Waals surface area (Å²) < 4.78 is 11.0. The molecule has 3 N–H and O–H groups in total. The molecule has 0 unspecified atom stereocenters. The minimum Gasteiger partial charge on any atom is -0.494 e. The summed E-state index contributed by atoms with van der Waals surface area (Å²) >= 11 is 0. The van der Waals surface area contributed by atoms with E-state index in [2.05, 4.69) is 19.2 Å². The number of rotatable bonds is 9. The molecule has 0 bridgehead atoms. The molecule has 19 heavy (non-hydrogen) atoms. The van der Waals surface area contributed by atoms with Crippen molar-refractivity contribution in [3.05, 3.63) is 18.2 Å². The first-order valence-electron chi connectivity index (χ1n) is 6.96. The van der Waals surface area contributed by atoms with Gasteiger partial charge in [0.2, 0.25) is 0 Å². The largest absolute Gasteiger partial charge is 0.494 e. The molecule has 0 heterocycles. The van der Waals surface area contributed by atoms with Gasteiger partial charge in [0.05, 0.1) is 6.61 Å². The minimum atomic E-state index is 0.593. The lowest BCUT2D eigenvalue weighted by molar-refractivity contribution is 0.110. The summed E-state index contributed by atoms with van der Waals surface area (Å²) in [6, 6.07) is 5.72. The molecule has 108 valence electrons. The van der Waals surface area contributed by atoms with E-state index in [1.54, 1.807) is 0 Å². The second-order valence-corrected chi connectivity index (χ2v) is 4.97. The van der Waals surface area contributed by atoms with Gasteiger partial charge in [-0.1, -0.05) is 13.8 Å². The van der Waals surface area contributed by atoms with E-state index in [4.69, 9.17) is 15.2 Å². The highest BCUT2D eigenvalue weighted by Gasteiger charge is 1.99. The Morgan fingerprint density at radius 3 is 2.74 bits per heavy atom. The first kappa shape index (κ1) is 15.6. The van der Waals surface area contributed by atoms with Crippen molar-refractivity contribution in [1.82, 2.24) is 0 Å². The van der Waals surface area contributed by atoms with Crippen molar-refractivity contribution in [2.45, 2.75) is 27.2 Å². The van der Waals surface area contributed by atoms with Gasteiger partial charge >= 0.3 is 0 Å². The van der Waals surface area contributed by atoms with Gasteiger partial charge in [-0.25, -0.2) is 0 Å². The average Bonchev–Trinajstić information content (AvgIpc) is 2.33. The average molecular weight is 266 g/mol. The molecule has 0 saturated heterocycles. The summed E-state index contributed by atoms with van der Waals surface area (Å²) in [5.41, 5.74) is 7.54. The maximum atomic E-state index is 5.83. The van der Waals surface area contributed by atoms with E-state index in [0.717, 1.165) is 37.6 Å². The Labute approximate surface area is 116 Å². The highest BCUT2D eigenvalue weighted by molar-refractivity contribution is 5.59. The molecule has 1 rings (SSSR count). The SMILES string of the molecule is CCOc1cc(N)cc(NCCCOCC(C)C)c1. The number of nitrogens with two attached hydrogens (primary N) is 1. The molecule has 1 aromatic carbocycles. The van der Waals surface area contributed by atoms with Crippen molar-refractivity contribution < 1.29 is 9.47 Å². The van der Waals surface area contributed by atoms with Gasteiger partial charge in [0.15, 0.2) is 0 Å². The van der Waals surface area contributed by atoms with Gasteiger partial charge in [-0.2, -0.15) is 0 Å². The standard InChI is InChI=1S/C15H26N2O2/c1-4-19-15-9-13(16)8-14(10-15)17-6-5-7-18-11-12(2)3/h8-10,12,17H,4-7,11,16H2,1-3H3. The third kappa shape index (κ3) is 6.91. The smallest absolute Gasteiger partial charge is 0.123 e. The maximum absolute atomic E-state index is 5.83. The molecule has 0 fully saturated rings. The zero-order valence-corrected chi connectivity index (χ0v) is 12.2. The summed E-state index contributed by atoms with van der Waals surface area (Å²) in [4.78, 5) is 0. The van der Waals surface area contributed by atoms with Crippen LogP contribution in [0.25, 0.3) is 0 Å². The maximum Gasteiger partial charge on any atom is 0.123 e. The fourth-order valence-electron chi connectivity index (χ4n) is 1.70. The van der Waals surface area contributed by atoms with E-state index >= 15 is 0 Å². The molecule has 0 amide bonds. The van der Waals surface area contributed by atoms with Crippen LogP contribution >= 0.6 is 0 Å². The molecule has 4 nitrogen and oxygen atoms in total.